The van der Waals surface area contributed by atoms with E-state index in [2.05, 4.69) is 10.6 Å². The standard InChI is InChI=1S/C13H22N4O8/c1-5(14)10(21)17-8(4-18)12(23)15-6(2)11(22)16-7(13(24)25)3-9(19)20/h5-8,18H,3-4,14H2,1-2H3,(H,15,23)(H,16,22)(H,17,21)(H,19,20)(H,24,25)/t5-,6-,7-,8-/m0/s1. The Hall–Kier alpha value is -2.73. The van der Waals surface area contributed by atoms with E-state index in [0.717, 1.165) is 0 Å². The predicted octanol–water partition coefficient (Wildman–Crippen LogP) is -3.64. The third-order valence-corrected chi connectivity index (χ3v) is 2.97. The molecule has 12 nitrogen and oxygen atoms in total. The summed E-state index contributed by atoms with van der Waals surface area (Å²) in [6.07, 6.45) is -0.842. The van der Waals surface area contributed by atoms with Crippen molar-refractivity contribution >= 4 is 29.7 Å². The van der Waals surface area contributed by atoms with E-state index in [1.54, 1.807) is 0 Å². The summed E-state index contributed by atoms with van der Waals surface area (Å²) < 4.78 is 0. The Morgan fingerprint density at radius 2 is 1.40 bits per heavy atom. The van der Waals surface area contributed by atoms with Crippen LogP contribution in [0, 0.1) is 0 Å². The lowest BCUT2D eigenvalue weighted by molar-refractivity contribution is -0.147. The summed E-state index contributed by atoms with van der Waals surface area (Å²) in [5, 5.41) is 32.9. The molecule has 0 rings (SSSR count). The first-order valence-corrected chi connectivity index (χ1v) is 7.21. The number of nitrogens with one attached hydrogen (secondary N) is 3. The van der Waals surface area contributed by atoms with Gasteiger partial charge in [-0.2, -0.15) is 0 Å². The lowest BCUT2D eigenvalue weighted by atomic mass is 10.2. The Bertz CT molecular complexity index is 536. The van der Waals surface area contributed by atoms with Crippen LogP contribution in [-0.2, 0) is 24.0 Å². The first-order chi connectivity index (χ1) is 11.5. The van der Waals surface area contributed by atoms with Gasteiger partial charge < -0.3 is 37.0 Å². The van der Waals surface area contributed by atoms with Gasteiger partial charge in [0.05, 0.1) is 19.1 Å². The molecule has 0 fully saturated rings. The quantitative estimate of drug-likeness (QED) is 0.204. The van der Waals surface area contributed by atoms with Crippen LogP contribution < -0.4 is 21.7 Å². The highest BCUT2D eigenvalue weighted by Crippen LogP contribution is 1.96. The number of carboxylic acid groups (broad SMARTS) is 2. The topological polar surface area (TPSA) is 208 Å². The number of amides is 3. The highest BCUT2D eigenvalue weighted by molar-refractivity contribution is 5.94. The van der Waals surface area contributed by atoms with Gasteiger partial charge in [0.25, 0.3) is 0 Å². The van der Waals surface area contributed by atoms with Crippen LogP contribution in [0.4, 0.5) is 0 Å². The van der Waals surface area contributed by atoms with E-state index >= 15 is 0 Å². The summed E-state index contributed by atoms with van der Waals surface area (Å²) in [7, 11) is 0. The first-order valence-electron chi connectivity index (χ1n) is 7.21. The van der Waals surface area contributed by atoms with E-state index in [9.17, 15) is 24.0 Å². The number of rotatable bonds is 10. The van der Waals surface area contributed by atoms with Crippen molar-refractivity contribution in [2.24, 2.45) is 5.73 Å². The number of aliphatic hydroxyl groups excluding tert-OH is 1. The summed E-state index contributed by atoms with van der Waals surface area (Å²) in [6.45, 7) is 1.83. The second-order valence-electron chi connectivity index (χ2n) is 5.26. The maximum absolute atomic E-state index is 11.9. The van der Waals surface area contributed by atoms with Crippen LogP contribution in [0.15, 0.2) is 0 Å². The second-order valence-corrected chi connectivity index (χ2v) is 5.26. The zero-order valence-electron chi connectivity index (χ0n) is 13.7. The van der Waals surface area contributed by atoms with Crippen molar-refractivity contribution in [1.29, 1.82) is 0 Å². The van der Waals surface area contributed by atoms with E-state index in [-0.39, 0.29) is 0 Å². The Morgan fingerprint density at radius 3 is 1.80 bits per heavy atom. The normalized spacial score (nSPS) is 15.2. The van der Waals surface area contributed by atoms with Crippen LogP contribution in [0.2, 0.25) is 0 Å². The molecule has 25 heavy (non-hydrogen) atoms. The molecule has 142 valence electrons. The molecule has 12 heteroatoms. The molecule has 0 aliphatic carbocycles. The third-order valence-electron chi connectivity index (χ3n) is 2.97. The van der Waals surface area contributed by atoms with Gasteiger partial charge in [-0.3, -0.25) is 19.2 Å². The Morgan fingerprint density at radius 1 is 0.880 bits per heavy atom. The van der Waals surface area contributed by atoms with Gasteiger partial charge in [0.1, 0.15) is 18.1 Å². The fourth-order valence-electron chi connectivity index (χ4n) is 1.55. The van der Waals surface area contributed by atoms with Crippen molar-refractivity contribution in [3.05, 3.63) is 0 Å². The summed E-state index contributed by atoms with van der Waals surface area (Å²) in [6, 6.07) is -5.20. The summed E-state index contributed by atoms with van der Waals surface area (Å²) in [5.41, 5.74) is 5.32. The van der Waals surface area contributed by atoms with Crippen LogP contribution in [0.25, 0.3) is 0 Å². The van der Waals surface area contributed by atoms with Crippen LogP contribution in [0.3, 0.4) is 0 Å². The van der Waals surface area contributed by atoms with E-state index in [1.807, 2.05) is 5.32 Å². The number of aliphatic carboxylic acids is 2. The van der Waals surface area contributed by atoms with Gasteiger partial charge in [-0.1, -0.05) is 0 Å². The number of hydrogen-bond acceptors (Lipinski definition) is 7. The van der Waals surface area contributed by atoms with Crippen LogP contribution in [0.1, 0.15) is 20.3 Å². The van der Waals surface area contributed by atoms with Crippen LogP contribution >= 0.6 is 0 Å². The number of hydrogen-bond donors (Lipinski definition) is 7. The lowest BCUT2D eigenvalue weighted by Crippen LogP contribution is -2.57. The summed E-state index contributed by atoms with van der Waals surface area (Å²) >= 11 is 0. The fraction of sp³-hybridized carbons (Fsp3) is 0.615. The molecule has 0 aromatic carbocycles. The molecule has 0 spiro atoms. The molecule has 0 saturated heterocycles. The van der Waals surface area contributed by atoms with Crippen LogP contribution in [0.5, 0.6) is 0 Å². The van der Waals surface area contributed by atoms with Crippen molar-refractivity contribution in [1.82, 2.24) is 16.0 Å². The van der Waals surface area contributed by atoms with Crippen molar-refractivity contribution in [3.63, 3.8) is 0 Å². The fourth-order valence-corrected chi connectivity index (χ4v) is 1.55. The maximum Gasteiger partial charge on any atom is 0.326 e. The molecular formula is C13H22N4O8. The Labute approximate surface area is 142 Å². The first kappa shape index (κ1) is 22.3. The van der Waals surface area contributed by atoms with E-state index in [1.165, 1.54) is 13.8 Å². The predicted molar refractivity (Wildman–Crippen MR) is 82.1 cm³/mol. The van der Waals surface area contributed by atoms with Crippen LogP contribution in [-0.4, -0.2) is 75.8 Å². The Kier molecular flexibility index (Phi) is 9.09. The van der Waals surface area contributed by atoms with E-state index < -0.39 is 66.9 Å². The van der Waals surface area contributed by atoms with Gasteiger partial charge in [0.2, 0.25) is 17.7 Å². The third kappa shape index (κ3) is 8.08. The van der Waals surface area contributed by atoms with Gasteiger partial charge >= 0.3 is 11.9 Å². The van der Waals surface area contributed by atoms with Gasteiger partial charge in [-0.15, -0.1) is 0 Å². The molecule has 0 bridgehead atoms. The molecule has 0 saturated carbocycles. The average Bonchev–Trinajstić information content (AvgIpc) is 2.50. The minimum absolute atomic E-state index is 0.696. The van der Waals surface area contributed by atoms with Crippen molar-refractivity contribution in [2.45, 2.75) is 44.4 Å². The highest BCUT2D eigenvalue weighted by atomic mass is 16.4. The largest absolute Gasteiger partial charge is 0.481 e. The molecule has 0 aliphatic heterocycles. The zero-order valence-corrected chi connectivity index (χ0v) is 13.7. The van der Waals surface area contributed by atoms with Gasteiger partial charge in [-0.25, -0.2) is 4.79 Å². The molecule has 0 heterocycles. The minimum atomic E-state index is -1.67. The van der Waals surface area contributed by atoms with Gasteiger partial charge in [0, 0.05) is 0 Å². The summed E-state index contributed by atoms with van der Waals surface area (Å²) in [4.78, 5) is 56.7. The Balaban J connectivity index is 4.77. The van der Waals surface area contributed by atoms with E-state index in [0.29, 0.717) is 0 Å². The second kappa shape index (κ2) is 10.2. The molecule has 3 amide bonds. The number of nitrogens with two attached hydrogens (primary N) is 1. The van der Waals surface area contributed by atoms with Gasteiger partial charge in [-0.05, 0) is 13.8 Å². The number of carbonyl (C=O) groups is 5. The van der Waals surface area contributed by atoms with Gasteiger partial charge in [0.15, 0.2) is 0 Å². The highest BCUT2D eigenvalue weighted by Gasteiger charge is 2.28. The maximum atomic E-state index is 11.9. The molecular weight excluding hydrogens is 340 g/mol. The molecule has 0 aromatic rings. The number of aliphatic hydroxyl groups is 1. The molecule has 0 aromatic heterocycles. The van der Waals surface area contributed by atoms with E-state index in [4.69, 9.17) is 21.1 Å². The number of carbonyl (C=O) groups excluding carboxylic acids is 3. The molecule has 0 aliphatic rings. The van der Waals surface area contributed by atoms with Crippen molar-refractivity contribution in [3.8, 4) is 0 Å². The monoisotopic (exact) mass is 362 g/mol. The lowest BCUT2D eigenvalue weighted by Gasteiger charge is -2.21. The SMILES string of the molecule is C[C@H](N)C(=O)N[C@@H](CO)C(=O)N[C@@H](C)C(=O)N[C@@H](CC(=O)O)C(=O)O. The average molecular weight is 362 g/mol. The molecule has 0 unspecified atom stereocenters. The minimum Gasteiger partial charge on any atom is -0.481 e. The van der Waals surface area contributed by atoms with Crippen molar-refractivity contribution < 1.29 is 39.3 Å². The van der Waals surface area contributed by atoms with Crippen molar-refractivity contribution in [2.75, 3.05) is 6.61 Å². The smallest absolute Gasteiger partial charge is 0.326 e. The molecule has 8 N–H and O–H groups in total. The molecule has 4 atom stereocenters. The number of carboxylic acids is 2. The zero-order chi connectivity index (χ0) is 19.7. The molecule has 0 radical (unpaired) electrons. The summed E-state index contributed by atoms with van der Waals surface area (Å²) in [5.74, 6) is -5.52.